The normalized spacial score (nSPS) is 10.4. The number of hydrogen-bond donors (Lipinski definition) is 1. The lowest BCUT2D eigenvalue weighted by molar-refractivity contribution is 0.274. The lowest BCUT2D eigenvalue weighted by Gasteiger charge is -2.11. The van der Waals surface area contributed by atoms with Gasteiger partial charge in [-0.25, -0.2) is 0 Å². The summed E-state index contributed by atoms with van der Waals surface area (Å²) in [4.78, 5) is 0. The standard InChI is InChI=1S/C13H13ClN2O2/c1-8-5-10(14)6-9(2)13(8)18-12-4-3-11(7-17)15-16-12/h3-6,17H,7H2,1-2H3. The van der Waals surface area contributed by atoms with Crippen molar-refractivity contribution in [3.63, 3.8) is 0 Å². The van der Waals surface area contributed by atoms with E-state index in [0.717, 1.165) is 16.9 Å². The predicted octanol–water partition coefficient (Wildman–Crippen LogP) is 3.03. The maximum atomic E-state index is 8.88. The van der Waals surface area contributed by atoms with E-state index in [-0.39, 0.29) is 6.61 Å². The summed E-state index contributed by atoms with van der Waals surface area (Å²) >= 11 is 5.95. The second-order valence-electron chi connectivity index (χ2n) is 3.99. The van der Waals surface area contributed by atoms with E-state index in [1.54, 1.807) is 12.1 Å². The highest BCUT2D eigenvalue weighted by atomic mass is 35.5. The summed E-state index contributed by atoms with van der Waals surface area (Å²) in [6.45, 7) is 3.71. The molecular formula is C13H13ClN2O2. The molecule has 0 fully saturated rings. The molecule has 2 aromatic rings. The molecule has 0 aliphatic carbocycles. The van der Waals surface area contributed by atoms with E-state index in [2.05, 4.69) is 10.2 Å². The zero-order chi connectivity index (χ0) is 13.1. The summed E-state index contributed by atoms with van der Waals surface area (Å²) in [5.41, 5.74) is 2.38. The van der Waals surface area contributed by atoms with Gasteiger partial charge in [-0.2, -0.15) is 0 Å². The Labute approximate surface area is 110 Å². The number of rotatable bonds is 3. The van der Waals surface area contributed by atoms with Gasteiger partial charge in [0.05, 0.1) is 12.3 Å². The molecule has 0 unspecified atom stereocenters. The van der Waals surface area contributed by atoms with Crippen molar-refractivity contribution in [1.29, 1.82) is 0 Å². The Morgan fingerprint density at radius 3 is 2.33 bits per heavy atom. The molecular weight excluding hydrogens is 252 g/mol. The maximum absolute atomic E-state index is 8.88. The van der Waals surface area contributed by atoms with E-state index >= 15 is 0 Å². The molecule has 1 N–H and O–H groups in total. The molecule has 0 atom stereocenters. The van der Waals surface area contributed by atoms with Crippen molar-refractivity contribution in [1.82, 2.24) is 10.2 Å². The zero-order valence-corrected chi connectivity index (χ0v) is 10.9. The topological polar surface area (TPSA) is 55.2 Å². The molecule has 0 aliphatic heterocycles. The minimum absolute atomic E-state index is 0.133. The molecule has 94 valence electrons. The van der Waals surface area contributed by atoms with E-state index < -0.39 is 0 Å². The highest BCUT2D eigenvalue weighted by Crippen LogP contribution is 2.30. The molecule has 2 rings (SSSR count). The summed E-state index contributed by atoms with van der Waals surface area (Å²) in [5, 5.41) is 17.3. The third-order valence-corrected chi connectivity index (χ3v) is 2.71. The number of aliphatic hydroxyl groups is 1. The van der Waals surface area contributed by atoms with Crippen LogP contribution < -0.4 is 4.74 Å². The molecule has 0 saturated heterocycles. The minimum atomic E-state index is -0.133. The van der Waals surface area contributed by atoms with Crippen LogP contribution in [0.3, 0.4) is 0 Å². The van der Waals surface area contributed by atoms with E-state index in [0.29, 0.717) is 16.6 Å². The second-order valence-corrected chi connectivity index (χ2v) is 4.43. The highest BCUT2D eigenvalue weighted by Gasteiger charge is 2.08. The Morgan fingerprint density at radius 1 is 1.17 bits per heavy atom. The van der Waals surface area contributed by atoms with Crippen LogP contribution in [0.2, 0.25) is 5.02 Å². The van der Waals surface area contributed by atoms with Gasteiger partial charge in [0.2, 0.25) is 5.88 Å². The van der Waals surface area contributed by atoms with Crippen molar-refractivity contribution in [3.05, 3.63) is 46.1 Å². The summed E-state index contributed by atoms with van der Waals surface area (Å²) in [6, 6.07) is 7.01. The number of hydrogen-bond acceptors (Lipinski definition) is 4. The van der Waals surface area contributed by atoms with Gasteiger partial charge in [-0.1, -0.05) is 11.6 Å². The van der Waals surface area contributed by atoms with E-state index in [1.165, 1.54) is 0 Å². The maximum Gasteiger partial charge on any atom is 0.238 e. The van der Waals surface area contributed by atoms with Gasteiger partial charge in [-0.15, -0.1) is 10.2 Å². The summed E-state index contributed by atoms with van der Waals surface area (Å²) in [6.07, 6.45) is 0. The number of nitrogens with zero attached hydrogens (tertiary/aromatic N) is 2. The molecule has 18 heavy (non-hydrogen) atoms. The first-order chi connectivity index (χ1) is 8.60. The van der Waals surface area contributed by atoms with Crippen LogP contribution in [0.4, 0.5) is 0 Å². The number of aliphatic hydroxyl groups excluding tert-OH is 1. The van der Waals surface area contributed by atoms with Gasteiger partial charge in [0, 0.05) is 11.1 Å². The van der Waals surface area contributed by atoms with E-state index in [1.807, 2.05) is 26.0 Å². The summed E-state index contributed by atoms with van der Waals surface area (Å²) in [7, 11) is 0. The number of halogens is 1. The van der Waals surface area contributed by atoms with Crippen LogP contribution in [0.25, 0.3) is 0 Å². The van der Waals surface area contributed by atoms with Gasteiger partial charge in [0.15, 0.2) is 0 Å². The van der Waals surface area contributed by atoms with Gasteiger partial charge in [-0.3, -0.25) is 0 Å². The van der Waals surface area contributed by atoms with Crippen molar-refractivity contribution in [2.75, 3.05) is 0 Å². The van der Waals surface area contributed by atoms with E-state index in [4.69, 9.17) is 21.4 Å². The van der Waals surface area contributed by atoms with E-state index in [9.17, 15) is 0 Å². The lowest BCUT2D eigenvalue weighted by Crippen LogP contribution is -1.97. The van der Waals surface area contributed by atoms with Crippen molar-refractivity contribution in [2.45, 2.75) is 20.5 Å². The average Bonchev–Trinajstić information content (AvgIpc) is 2.34. The molecule has 4 nitrogen and oxygen atoms in total. The summed E-state index contributed by atoms with van der Waals surface area (Å²) < 4.78 is 5.68. The fraction of sp³-hybridized carbons (Fsp3) is 0.231. The van der Waals surface area contributed by atoms with Gasteiger partial charge >= 0.3 is 0 Å². The third-order valence-electron chi connectivity index (χ3n) is 2.49. The van der Waals surface area contributed by atoms with Gasteiger partial charge < -0.3 is 9.84 Å². The van der Waals surface area contributed by atoms with Gasteiger partial charge in [-0.05, 0) is 43.2 Å². The Morgan fingerprint density at radius 2 is 1.83 bits per heavy atom. The van der Waals surface area contributed by atoms with Crippen LogP contribution in [0.1, 0.15) is 16.8 Å². The summed E-state index contributed by atoms with van der Waals surface area (Å²) in [5.74, 6) is 1.12. The SMILES string of the molecule is Cc1cc(Cl)cc(C)c1Oc1ccc(CO)nn1. The zero-order valence-electron chi connectivity index (χ0n) is 10.1. The quantitative estimate of drug-likeness (QED) is 0.926. The molecule has 0 amide bonds. The Bertz CT molecular complexity index is 532. The van der Waals surface area contributed by atoms with Crippen molar-refractivity contribution >= 4 is 11.6 Å². The largest absolute Gasteiger partial charge is 0.437 e. The van der Waals surface area contributed by atoms with Crippen molar-refractivity contribution in [3.8, 4) is 11.6 Å². The predicted molar refractivity (Wildman–Crippen MR) is 69.0 cm³/mol. The number of aromatic nitrogens is 2. The van der Waals surface area contributed by atoms with Crippen LogP contribution in [0.5, 0.6) is 11.6 Å². The van der Waals surface area contributed by atoms with Crippen LogP contribution in [0.15, 0.2) is 24.3 Å². The molecule has 1 heterocycles. The lowest BCUT2D eigenvalue weighted by atomic mass is 10.1. The first-order valence-corrected chi connectivity index (χ1v) is 5.86. The smallest absolute Gasteiger partial charge is 0.238 e. The van der Waals surface area contributed by atoms with Gasteiger partial charge in [0.1, 0.15) is 5.75 Å². The first kappa shape index (κ1) is 12.8. The fourth-order valence-electron chi connectivity index (χ4n) is 1.65. The minimum Gasteiger partial charge on any atom is -0.437 e. The highest BCUT2D eigenvalue weighted by molar-refractivity contribution is 6.30. The molecule has 1 aromatic carbocycles. The first-order valence-electron chi connectivity index (χ1n) is 5.48. The number of aryl methyl sites for hydroxylation is 2. The van der Waals surface area contributed by atoms with Crippen molar-refractivity contribution < 1.29 is 9.84 Å². The number of ether oxygens (including phenoxy) is 1. The fourth-order valence-corrected chi connectivity index (χ4v) is 1.98. The number of benzene rings is 1. The molecule has 0 radical (unpaired) electrons. The van der Waals surface area contributed by atoms with Gasteiger partial charge in [0.25, 0.3) is 0 Å². The monoisotopic (exact) mass is 264 g/mol. The molecule has 5 heteroatoms. The Balaban J connectivity index is 2.28. The Kier molecular flexibility index (Phi) is 3.79. The molecule has 0 aliphatic rings. The average molecular weight is 265 g/mol. The van der Waals surface area contributed by atoms with Crippen molar-refractivity contribution in [2.24, 2.45) is 0 Å². The molecule has 0 bridgehead atoms. The third kappa shape index (κ3) is 2.78. The van der Waals surface area contributed by atoms with Crippen LogP contribution in [-0.2, 0) is 6.61 Å². The van der Waals surface area contributed by atoms with Crippen LogP contribution in [0, 0.1) is 13.8 Å². The second kappa shape index (κ2) is 5.33. The molecule has 0 spiro atoms. The molecule has 1 aromatic heterocycles. The Hall–Kier alpha value is -1.65. The molecule has 0 saturated carbocycles. The van der Waals surface area contributed by atoms with Crippen LogP contribution >= 0.6 is 11.6 Å². The van der Waals surface area contributed by atoms with Crippen LogP contribution in [-0.4, -0.2) is 15.3 Å².